The van der Waals surface area contributed by atoms with Gasteiger partial charge in [-0.15, -0.1) is 11.8 Å². The molecule has 1 amide bonds. The molecule has 0 spiro atoms. The maximum absolute atomic E-state index is 12.9. The summed E-state index contributed by atoms with van der Waals surface area (Å²) >= 11 is 1.54. The molecule has 0 saturated carbocycles. The van der Waals surface area contributed by atoms with Crippen LogP contribution in [0, 0.1) is 0 Å². The molecule has 2 aromatic rings. The van der Waals surface area contributed by atoms with Gasteiger partial charge in [-0.05, 0) is 48.8 Å². The van der Waals surface area contributed by atoms with Crippen molar-refractivity contribution in [2.75, 3.05) is 32.4 Å². The molecule has 2 aliphatic rings. The number of carbonyl (C=O) groups is 1. The van der Waals surface area contributed by atoms with E-state index in [9.17, 15) is 4.79 Å². The maximum Gasteiger partial charge on any atom is 0.256 e. The highest BCUT2D eigenvalue weighted by Gasteiger charge is 2.29. The lowest BCUT2D eigenvalue weighted by molar-refractivity contribution is 0.0549. The SMILES string of the molecule is CSc1ncccc1C(=O)N1CCN([C@@H]2CCc3ccccc3C2)CC1. The minimum Gasteiger partial charge on any atom is -0.336 e. The highest BCUT2D eigenvalue weighted by atomic mass is 32.2. The van der Waals surface area contributed by atoms with E-state index >= 15 is 0 Å². The summed E-state index contributed by atoms with van der Waals surface area (Å²) < 4.78 is 0. The fourth-order valence-corrected chi connectivity index (χ4v) is 4.71. The fourth-order valence-electron chi connectivity index (χ4n) is 4.17. The van der Waals surface area contributed by atoms with Crippen molar-refractivity contribution in [2.24, 2.45) is 0 Å². The number of aromatic nitrogens is 1. The van der Waals surface area contributed by atoms with E-state index in [2.05, 4.69) is 34.1 Å². The van der Waals surface area contributed by atoms with Crippen molar-refractivity contribution in [3.05, 3.63) is 59.3 Å². The monoisotopic (exact) mass is 367 g/mol. The molecule has 0 radical (unpaired) electrons. The topological polar surface area (TPSA) is 36.4 Å². The third kappa shape index (κ3) is 3.51. The summed E-state index contributed by atoms with van der Waals surface area (Å²) in [5.41, 5.74) is 3.75. The Morgan fingerprint density at radius 2 is 1.85 bits per heavy atom. The van der Waals surface area contributed by atoms with Gasteiger partial charge < -0.3 is 4.90 Å². The normalized spacial score (nSPS) is 20.7. The first-order chi connectivity index (χ1) is 12.8. The van der Waals surface area contributed by atoms with Crippen LogP contribution < -0.4 is 0 Å². The number of amides is 1. The second kappa shape index (κ2) is 7.80. The summed E-state index contributed by atoms with van der Waals surface area (Å²) in [6.07, 6.45) is 7.26. The largest absolute Gasteiger partial charge is 0.336 e. The highest BCUT2D eigenvalue weighted by molar-refractivity contribution is 7.98. The molecule has 5 heteroatoms. The lowest BCUT2D eigenvalue weighted by Crippen LogP contribution is -2.53. The average molecular weight is 368 g/mol. The van der Waals surface area contributed by atoms with Crippen molar-refractivity contribution in [1.82, 2.24) is 14.8 Å². The molecule has 1 aliphatic heterocycles. The summed E-state index contributed by atoms with van der Waals surface area (Å²) in [4.78, 5) is 21.8. The Kier molecular flexibility index (Phi) is 5.27. The summed E-state index contributed by atoms with van der Waals surface area (Å²) in [6.45, 7) is 3.54. The van der Waals surface area contributed by atoms with Crippen LogP contribution in [0.1, 0.15) is 27.9 Å². The Labute approximate surface area is 159 Å². The van der Waals surface area contributed by atoms with Crippen LogP contribution in [0.2, 0.25) is 0 Å². The first-order valence-corrected chi connectivity index (χ1v) is 10.6. The lowest BCUT2D eigenvalue weighted by Gasteiger charge is -2.41. The van der Waals surface area contributed by atoms with E-state index in [1.807, 2.05) is 23.3 Å². The minimum absolute atomic E-state index is 0.121. The molecule has 1 aromatic heterocycles. The third-order valence-electron chi connectivity index (χ3n) is 5.63. The molecule has 1 fully saturated rings. The first kappa shape index (κ1) is 17.6. The van der Waals surface area contributed by atoms with Crippen LogP contribution in [0.15, 0.2) is 47.6 Å². The van der Waals surface area contributed by atoms with Gasteiger partial charge in [0.25, 0.3) is 5.91 Å². The second-order valence-electron chi connectivity index (χ2n) is 7.05. The number of aryl methyl sites for hydroxylation is 1. The number of rotatable bonds is 3. The molecule has 4 nitrogen and oxygen atoms in total. The van der Waals surface area contributed by atoms with Gasteiger partial charge in [-0.1, -0.05) is 24.3 Å². The molecule has 1 atom stereocenters. The van der Waals surface area contributed by atoms with Crippen LogP contribution >= 0.6 is 11.8 Å². The van der Waals surface area contributed by atoms with Crippen molar-refractivity contribution in [3.8, 4) is 0 Å². The van der Waals surface area contributed by atoms with E-state index < -0.39 is 0 Å². The predicted molar refractivity (Wildman–Crippen MR) is 106 cm³/mol. The van der Waals surface area contributed by atoms with Gasteiger partial charge in [0.1, 0.15) is 5.03 Å². The molecule has 136 valence electrons. The van der Waals surface area contributed by atoms with Gasteiger partial charge in [-0.3, -0.25) is 9.69 Å². The Morgan fingerprint density at radius 1 is 1.08 bits per heavy atom. The summed E-state index contributed by atoms with van der Waals surface area (Å²) in [7, 11) is 0. The number of carbonyl (C=O) groups excluding carboxylic acids is 1. The molecule has 1 saturated heterocycles. The number of hydrogen-bond donors (Lipinski definition) is 0. The average Bonchev–Trinajstić information content (AvgIpc) is 2.73. The summed E-state index contributed by atoms with van der Waals surface area (Å²) in [5.74, 6) is 0.121. The van der Waals surface area contributed by atoms with Gasteiger partial charge in [-0.2, -0.15) is 0 Å². The van der Waals surface area contributed by atoms with Gasteiger partial charge in [0.15, 0.2) is 0 Å². The number of nitrogens with zero attached hydrogens (tertiary/aromatic N) is 3. The maximum atomic E-state index is 12.9. The highest BCUT2D eigenvalue weighted by Crippen LogP contribution is 2.26. The van der Waals surface area contributed by atoms with E-state index in [1.165, 1.54) is 35.7 Å². The quantitative estimate of drug-likeness (QED) is 0.781. The molecule has 1 aromatic carbocycles. The number of benzene rings is 1. The molecule has 0 unspecified atom stereocenters. The number of piperazine rings is 1. The molecule has 1 aliphatic carbocycles. The number of hydrogen-bond acceptors (Lipinski definition) is 4. The number of fused-ring (bicyclic) bond motifs is 1. The van der Waals surface area contributed by atoms with Crippen molar-refractivity contribution < 1.29 is 4.79 Å². The van der Waals surface area contributed by atoms with E-state index in [1.54, 1.807) is 6.20 Å². The third-order valence-corrected chi connectivity index (χ3v) is 6.35. The second-order valence-corrected chi connectivity index (χ2v) is 7.85. The van der Waals surface area contributed by atoms with Crippen LogP contribution in [0.4, 0.5) is 0 Å². The van der Waals surface area contributed by atoms with Crippen LogP contribution in [-0.4, -0.2) is 59.2 Å². The van der Waals surface area contributed by atoms with Crippen molar-refractivity contribution in [2.45, 2.75) is 30.3 Å². The van der Waals surface area contributed by atoms with Gasteiger partial charge in [0.2, 0.25) is 0 Å². The Balaban J connectivity index is 1.38. The predicted octanol–water partition coefficient (Wildman–Crippen LogP) is 3.12. The van der Waals surface area contributed by atoms with Crippen LogP contribution in [-0.2, 0) is 12.8 Å². The molecule has 2 heterocycles. The van der Waals surface area contributed by atoms with Crippen LogP contribution in [0.3, 0.4) is 0 Å². The molecular formula is C21H25N3OS. The van der Waals surface area contributed by atoms with Gasteiger partial charge in [0, 0.05) is 38.4 Å². The van der Waals surface area contributed by atoms with Crippen LogP contribution in [0.25, 0.3) is 0 Å². The van der Waals surface area contributed by atoms with Crippen molar-refractivity contribution in [3.63, 3.8) is 0 Å². The van der Waals surface area contributed by atoms with Gasteiger partial charge >= 0.3 is 0 Å². The zero-order valence-corrected chi connectivity index (χ0v) is 16.0. The summed E-state index contributed by atoms with van der Waals surface area (Å²) in [6, 6.07) is 13.2. The van der Waals surface area contributed by atoms with Gasteiger partial charge in [-0.25, -0.2) is 4.98 Å². The van der Waals surface area contributed by atoms with E-state index in [-0.39, 0.29) is 5.91 Å². The van der Waals surface area contributed by atoms with Crippen LogP contribution in [0.5, 0.6) is 0 Å². The van der Waals surface area contributed by atoms with Gasteiger partial charge in [0.05, 0.1) is 5.56 Å². The fraction of sp³-hybridized carbons (Fsp3) is 0.429. The van der Waals surface area contributed by atoms with Crippen molar-refractivity contribution in [1.29, 1.82) is 0 Å². The summed E-state index contributed by atoms with van der Waals surface area (Å²) in [5, 5.41) is 0.823. The molecule has 0 N–H and O–H groups in total. The van der Waals surface area contributed by atoms with E-state index in [0.29, 0.717) is 6.04 Å². The molecule has 0 bridgehead atoms. The zero-order valence-electron chi connectivity index (χ0n) is 15.2. The Morgan fingerprint density at radius 3 is 2.62 bits per heavy atom. The number of pyridine rings is 1. The number of thioether (sulfide) groups is 1. The smallest absolute Gasteiger partial charge is 0.256 e. The molecule has 4 rings (SSSR count). The zero-order chi connectivity index (χ0) is 17.9. The van der Waals surface area contributed by atoms with E-state index in [4.69, 9.17) is 0 Å². The molecule has 26 heavy (non-hydrogen) atoms. The Hall–Kier alpha value is -1.85. The van der Waals surface area contributed by atoms with E-state index in [0.717, 1.165) is 43.2 Å². The lowest BCUT2D eigenvalue weighted by atomic mass is 9.87. The Bertz CT molecular complexity index is 786. The standard InChI is InChI=1S/C21H25N3OS/c1-26-20-19(7-4-10-22-20)21(25)24-13-11-23(12-14-24)18-9-8-16-5-2-3-6-17(16)15-18/h2-7,10,18H,8-9,11-15H2,1H3/t18-/m1/s1. The first-order valence-electron chi connectivity index (χ1n) is 9.35. The molecular weight excluding hydrogens is 342 g/mol. The minimum atomic E-state index is 0.121. The van der Waals surface area contributed by atoms with Crippen molar-refractivity contribution >= 4 is 17.7 Å².